The number of fused-ring (bicyclic) bond motifs is 3. The molecule has 1 aromatic heterocycles. The zero-order valence-corrected chi connectivity index (χ0v) is 13.1. The van der Waals surface area contributed by atoms with Crippen molar-refractivity contribution in [1.29, 1.82) is 0 Å². The number of amides is 1. The molecule has 1 amide bonds. The molecule has 20 heavy (non-hydrogen) atoms. The molecule has 4 rings (SSSR count). The Balaban J connectivity index is 0.00000121. The molecule has 2 N–H and O–H groups in total. The fourth-order valence-electron chi connectivity index (χ4n) is 4.35. The summed E-state index contributed by atoms with van der Waals surface area (Å²) in [5.74, 6) is 1.62. The van der Waals surface area contributed by atoms with Crippen LogP contribution in [0.3, 0.4) is 0 Å². The lowest BCUT2D eigenvalue weighted by Gasteiger charge is -2.34. The molecule has 4 unspecified atom stereocenters. The average molecular weight is 313 g/mol. The third kappa shape index (κ3) is 2.09. The maximum atomic E-state index is 12.8. The highest BCUT2D eigenvalue weighted by Crippen LogP contribution is 2.48. The number of nitrogens with two attached hydrogens (primary N) is 1. The Morgan fingerprint density at radius 2 is 2.15 bits per heavy atom. The second-order valence-electron chi connectivity index (χ2n) is 6.32. The van der Waals surface area contributed by atoms with Crippen LogP contribution >= 0.6 is 23.7 Å². The monoisotopic (exact) mass is 312 g/mol. The minimum absolute atomic E-state index is 0. The predicted molar refractivity (Wildman–Crippen MR) is 83.0 cm³/mol. The molecule has 2 bridgehead atoms. The van der Waals surface area contributed by atoms with Gasteiger partial charge < -0.3 is 10.6 Å². The van der Waals surface area contributed by atoms with Crippen molar-refractivity contribution in [2.24, 2.45) is 23.5 Å². The lowest BCUT2D eigenvalue weighted by atomic mass is 9.83. The minimum Gasteiger partial charge on any atom is -0.338 e. The molecule has 110 valence electrons. The molecule has 1 aliphatic heterocycles. The second-order valence-corrected chi connectivity index (χ2v) is 7.32. The van der Waals surface area contributed by atoms with Crippen LogP contribution in [0.1, 0.15) is 29.7 Å². The first-order valence-corrected chi connectivity index (χ1v) is 8.21. The largest absolute Gasteiger partial charge is 0.338 e. The van der Waals surface area contributed by atoms with Gasteiger partial charge in [0.05, 0.1) is 5.92 Å². The van der Waals surface area contributed by atoms with Gasteiger partial charge in [-0.3, -0.25) is 4.79 Å². The molecule has 0 radical (unpaired) electrons. The van der Waals surface area contributed by atoms with Crippen LogP contribution < -0.4 is 5.73 Å². The van der Waals surface area contributed by atoms with Crippen LogP contribution in [0.15, 0.2) is 11.4 Å². The van der Waals surface area contributed by atoms with Crippen LogP contribution in [0.5, 0.6) is 0 Å². The highest BCUT2D eigenvalue weighted by molar-refractivity contribution is 7.10. The molecular weight excluding hydrogens is 292 g/mol. The molecule has 2 aliphatic carbocycles. The standard InChI is InChI=1S/C15H20N2OS.ClH/c16-14-10-2-1-9(7-10)13(14)15(18)17-5-3-12-11(8-17)4-6-19-12;/h4,6,9-10,13-14H,1-3,5,7-8,16H2;1H. The molecule has 2 heterocycles. The average Bonchev–Trinajstić information content (AvgIpc) is 3.12. The number of thiophene rings is 1. The number of carbonyl (C=O) groups excluding carboxylic acids is 1. The number of rotatable bonds is 1. The van der Waals surface area contributed by atoms with Crippen molar-refractivity contribution < 1.29 is 4.79 Å². The normalized spacial score (nSPS) is 34.8. The van der Waals surface area contributed by atoms with E-state index >= 15 is 0 Å². The van der Waals surface area contributed by atoms with E-state index in [2.05, 4.69) is 16.3 Å². The number of hydrogen-bond donors (Lipinski definition) is 1. The summed E-state index contributed by atoms with van der Waals surface area (Å²) >= 11 is 1.82. The van der Waals surface area contributed by atoms with Crippen molar-refractivity contribution in [3.05, 3.63) is 21.9 Å². The van der Waals surface area contributed by atoms with E-state index in [0.717, 1.165) is 19.5 Å². The first-order valence-electron chi connectivity index (χ1n) is 7.33. The van der Waals surface area contributed by atoms with Gasteiger partial charge in [0.25, 0.3) is 0 Å². The van der Waals surface area contributed by atoms with Crippen LogP contribution in [0.2, 0.25) is 0 Å². The Bertz CT molecular complexity index is 516. The van der Waals surface area contributed by atoms with Gasteiger partial charge in [0, 0.05) is 24.0 Å². The van der Waals surface area contributed by atoms with E-state index in [1.54, 1.807) is 0 Å². The van der Waals surface area contributed by atoms with Gasteiger partial charge in [0.1, 0.15) is 0 Å². The Morgan fingerprint density at radius 1 is 1.35 bits per heavy atom. The summed E-state index contributed by atoms with van der Waals surface area (Å²) in [6, 6.07) is 2.29. The Morgan fingerprint density at radius 3 is 2.90 bits per heavy atom. The van der Waals surface area contributed by atoms with Gasteiger partial charge in [-0.25, -0.2) is 0 Å². The van der Waals surface area contributed by atoms with Gasteiger partial charge in [0.15, 0.2) is 0 Å². The van der Waals surface area contributed by atoms with Gasteiger partial charge in [-0.15, -0.1) is 23.7 Å². The Hall–Kier alpha value is -0.580. The van der Waals surface area contributed by atoms with Crippen molar-refractivity contribution in [1.82, 2.24) is 4.90 Å². The van der Waals surface area contributed by atoms with Gasteiger partial charge in [-0.1, -0.05) is 0 Å². The molecule has 0 saturated heterocycles. The molecule has 3 nitrogen and oxygen atoms in total. The fourth-order valence-corrected chi connectivity index (χ4v) is 5.24. The predicted octanol–water partition coefficient (Wildman–Crippen LogP) is 2.43. The zero-order chi connectivity index (χ0) is 13.0. The minimum atomic E-state index is 0. The van der Waals surface area contributed by atoms with E-state index in [-0.39, 0.29) is 24.4 Å². The summed E-state index contributed by atoms with van der Waals surface area (Å²) < 4.78 is 0. The van der Waals surface area contributed by atoms with E-state index in [1.807, 2.05) is 11.3 Å². The fraction of sp³-hybridized carbons (Fsp3) is 0.667. The first kappa shape index (κ1) is 14.4. The third-order valence-electron chi connectivity index (χ3n) is 5.39. The summed E-state index contributed by atoms with van der Waals surface area (Å²) in [6.45, 7) is 1.69. The van der Waals surface area contributed by atoms with Crippen molar-refractivity contribution in [3.8, 4) is 0 Å². The van der Waals surface area contributed by atoms with Crippen LogP contribution in [-0.4, -0.2) is 23.4 Å². The van der Waals surface area contributed by atoms with Crippen molar-refractivity contribution in [3.63, 3.8) is 0 Å². The SMILES string of the molecule is Cl.NC1C2CCC(C2)C1C(=O)N1CCc2sccc2C1. The summed E-state index contributed by atoms with van der Waals surface area (Å²) in [5, 5.41) is 2.14. The molecule has 2 fully saturated rings. The van der Waals surface area contributed by atoms with Gasteiger partial charge in [-0.05, 0) is 54.5 Å². The topological polar surface area (TPSA) is 46.3 Å². The Labute approximate surface area is 129 Å². The van der Waals surface area contributed by atoms with E-state index in [0.29, 0.717) is 17.7 Å². The summed E-state index contributed by atoms with van der Waals surface area (Å²) in [4.78, 5) is 16.3. The van der Waals surface area contributed by atoms with Crippen LogP contribution in [0.4, 0.5) is 0 Å². The first-order chi connectivity index (χ1) is 9.24. The maximum absolute atomic E-state index is 12.8. The lowest BCUT2D eigenvalue weighted by Crippen LogP contribution is -2.48. The van der Waals surface area contributed by atoms with Crippen LogP contribution in [0, 0.1) is 17.8 Å². The number of halogens is 1. The zero-order valence-electron chi connectivity index (χ0n) is 11.5. The van der Waals surface area contributed by atoms with Gasteiger partial charge in [-0.2, -0.15) is 0 Å². The summed E-state index contributed by atoms with van der Waals surface area (Å²) in [7, 11) is 0. The van der Waals surface area contributed by atoms with Crippen molar-refractivity contribution >= 4 is 29.7 Å². The highest BCUT2D eigenvalue weighted by Gasteiger charge is 2.50. The number of hydrogen-bond acceptors (Lipinski definition) is 3. The number of carbonyl (C=O) groups is 1. The maximum Gasteiger partial charge on any atom is 0.227 e. The molecule has 0 aromatic carbocycles. The van der Waals surface area contributed by atoms with E-state index in [1.165, 1.54) is 29.7 Å². The molecule has 0 spiro atoms. The lowest BCUT2D eigenvalue weighted by molar-refractivity contribution is -0.138. The quantitative estimate of drug-likeness (QED) is 0.865. The molecular formula is C15H21ClN2OS. The van der Waals surface area contributed by atoms with Crippen LogP contribution in [0.25, 0.3) is 0 Å². The third-order valence-corrected chi connectivity index (χ3v) is 6.41. The smallest absolute Gasteiger partial charge is 0.227 e. The summed E-state index contributed by atoms with van der Waals surface area (Å²) in [6.07, 6.45) is 4.67. The van der Waals surface area contributed by atoms with E-state index < -0.39 is 0 Å². The highest BCUT2D eigenvalue weighted by atomic mass is 35.5. The van der Waals surface area contributed by atoms with Crippen LogP contribution in [-0.2, 0) is 17.8 Å². The summed E-state index contributed by atoms with van der Waals surface area (Å²) in [5.41, 5.74) is 7.65. The van der Waals surface area contributed by atoms with Gasteiger partial charge in [0.2, 0.25) is 5.91 Å². The number of nitrogens with zero attached hydrogens (tertiary/aromatic N) is 1. The van der Waals surface area contributed by atoms with Gasteiger partial charge >= 0.3 is 0 Å². The molecule has 2 saturated carbocycles. The van der Waals surface area contributed by atoms with E-state index in [4.69, 9.17) is 5.73 Å². The molecule has 3 aliphatic rings. The molecule has 4 atom stereocenters. The molecule has 5 heteroatoms. The van der Waals surface area contributed by atoms with E-state index in [9.17, 15) is 4.79 Å². The Kier molecular flexibility index (Phi) is 3.82. The second kappa shape index (κ2) is 5.32. The van der Waals surface area contributed by atoms with Crippen molar-refractivity contribution in [2.45, 2.75) is 38.3 Å². The molecule has 1 aromatic rings. The van der Waals surface area contributed by atoms with Crippen molar-refractivity contribution in [2.75, 3.05) is 6.54 Å².